The summed E-state index contributed by atoms with van der Waals surface area (Å²) in [5.74, 6) is -4.67. The van der Waals surface area contributed by atoms with Crippen LogP contribution >= 0.6 is 11.6 Å². The third kappa shape index (κ3) is 4.24. The average molecular weight is 294 g/mol. The fraction of sp³-hybridized carbons (Fsp3) is 0.333. The van der Waals surface area contributed by atoms with Crippen molar-refractivity contribution < 1.29 is 22.8 Å². The molecule has 0 amide bonds. The third-order valence-corrected chi connectivity index (χ3v) is 2.72. The number of anilines is 1. The maximum Gasteiger partial charge on any atom is 0.450 e. The highest BCUT2D eigenvalue weighted by Crippen LogP contribution is 2.26. The zero-order chi connectivity index (χ0) is 14.8. The van der Waals surface area contributed by atoms with E-state index in [4.69, 9.17) is 17.3 Å². The summed E-state index contributed by atoms with van der Waals surface area (Å²) in [6.45, 7) is 0.947. The van der Waals surface area contributed by atoms with Crippen molar-refractivity contribution in [1.29, 1.82) is 0 Å². The Morgan fingerprint density at radius 3 is 2.32 bits per heavy atom. The van der Waals surface area contributed by atoms with Gasteiger partial charge in [0, 0.05) is 10.7 Å². The highest BCUT2D eigenvalue weighted by atomic mass is 35.5. The van der Waals surface area contributed by atoms with E-state index in [9.17, 15) is 22.8 Å². The molecule has 2 N–H and O–H groups in total. The van der Waals surface area contributed by atoms with Crippen LogP contribution in [-0.4, -0.2) is 17.7 Å². The van der Waals surface area contributed by atoms with Crippen LogP contribution in [0.15, 0.2) is 18.2 Å². The van der Waals surface area contributed by atoms with Crippen LogP contribution in [0.5, 0.6) is 0 Å². The molecule has 1 aromatic rings. The first-order valence-electron chi connectivity index (χ1n) is 5.27. The first-order valence-corrected chi connectivity index (χ1v) is 5.65. The minimum atomic E-state index is -5.04. The normalized spacial score (nSPS) is 13.1. The molecule has 0 spiro atoms. The number of carbonyl (C=O) groups is 2. The highest BCUT2D eigenvalue weighted by Gasteiger charge is 2.44. The van der Waals surface area contributed by atoms with Gasteiger partial charge < -0.3 is 5.73 Å². The molecule has 0 aliphatic heterocycles. The molecule has 1 unspecified atom stereocenters. The van der Waals surface area contributed by atoms with Crippen molar-refractivity contribution in [3.8, 4) is 0 Å². The lowest BCUT2D eigenvalue weighted by Crippen LogP contribution is -2.35. The van der Waals surface area contributed by atoms with Crippen LogP contribution in [0.3, 0.4) is 0 Å². The molecule has 0 heterocycles. The number of ketones is 2. The number of nitrogens with two attached hydrogens (primary N) is 1. The van der Waals surface area contributed by atoms with Crippen molar-refractivity contribution in [2.24, 2.45) is 5.92 Å². The molecule has 1 rings (SSSR count). The van der Waals surface area contributed by atoms with E-state index < -0.39 is 23.7 Å². The summed E-state index contributed by atoms with van der Waals surface area (Å²) >= 11 is 5.71. The lowest BCUT2D eigenvalue weighted by Gasteiger charge is -2.15. The molecule has 0 aliphatic carbocycles. The molecule has 7 heteroatoms. The Morgan fingerprint density at radius 1 is 1.32 bits per heavy atom. The molecule has 0 radical (unpaired) electrons. The second-order valence-electron chi connectivity index (χ2n) is 4.12. The van der Waals surface area contributed by atoms with Gasteiger partial charge in [-0.2, -0.15) is 13.2 Å². The monoisotopic (exact) mass is 293 g/mol. The molecular formula is C12H11ClF3NO2. The lowest BCUT2D eigenvalue weighted by molar-refractivity contribution is -0.176. The minimum absolute atomic E-state index is 0.233. The van der Waals surface area contributed by atoms with E-state index in [0.29, 0.717) is 5.56 Å². The van der Waals surface area contributed by atoms with Gasteiger partial charge in [-0.15, -0.1) is 0 Å². The van der Waals surface area contributed by atoms with Crippen LogP contribution < -0.4 is 5.73 Å². The lowest BCUT2D eigenvalue weighted by atomic mass is 9.91. The summed E-state index contributed by atoms with van der Waals surface area (Å²) in [4.78, 5) is 22.4. The summed E-state index contributed by atoms with van der Waals surface area (Å²) in [6, 6.07) is 4.17. The van der Waals surface area contributed by atoms with Gasteiger partial charge in [0.05, 0.1) is 5.92 Å². The van der Waals surface area contributed by atoms with Gasteiger partial charge in [0.1, 0.15) is 5.78 Å². The molecular weight excluding hydrogens is 283 g/mol. The molecule has 3 nitrogen and oxygen atoms in total. The summed E-state index contributed by atoms with van der Waals surface area (Å²) in [5.41, 5.74) is 6.06. The average Bonchev–Trinajstić information content (AvgIpc) is 2.21. The second kappa shape index (κ2) is 5.61. The minimum Gasteiger partial charge on any atom is -0.399 e. The van der Waals surface area contributed by atoms with Crippen molar-refractivity contribution >= 4 is 28.9 Å². The summed E-state index contributed by atoms with van der Waals surface area (Å²) < 4.78 is 37.1. The number of carbonyl (C=O) groups excluding carboxylic acids is 2. The number of rotatable bonds is 4. The van der Waals surface area contributed by atoms with Gasteiger partial charge in [-0.3, -0.25) is 9.59 Å². The topological polar surface area (TPSA) is 60.2 Å². The molecule has 19 heavy (non-hydrogen) atoms. The van der Waals surface area contributed by atoms with Crippen molar-refractivity contribution in [1.82, 2.24) is 0 Å². The molecule has 0 aromatic heterocycles. The van der Waals surface area contributed by atoms with Crippen LogP contribution in [0.4, 0.5) is 18.9 Å². The summed E-state index contributed by atoms with van der Waals surface area (Å²) in [5, 5.41) is 0.233. The number of nitrogen functional groups attached to an aromatic ring is 1. The Morgan fingerprint density at radius 2 is 1.89 bits per heavy atom. The maximum absolute atomic E-state index is 12.4. The number of alkyl halides is 3. The highest BCUT2D eigenvalue weighted by molar-refractivity contribution is 6.30. The van der Waals surface area contributed by atoms with Gasteiger partial charge in [-0.1, -0.05) is 11.6 Å². The number of halogens is 4. The molecule has 1 atom stereocenters. The van der Waals surface area contributed by atoms with Gasteiger partial charge in [0.15, 0.2) is 0 Å². The van der Waals surface area contributed by atoms with Crippen molar-refractivity contribution in [3.05, 3.63) is 28.8 Å². The standard InChI is InChI=1S/C12H11ClF3NO2/c1-6(18)10(11(19)12(14,15)16)4-7-2-8(13)5-9(17)3-7/h2-3,5,10H,4,17H2,1H3. The quantitative estimate of drug-likeness (QED) is 0.686. The zero-order valence-electron chi connectivity index (χ0n) is 9.92. The smallest absolute Gasteiger partial charge is 0.399 e. The van der Waals surface area contributed by atoms with Crippen molar-refractivity contribution in [2.45, 2.75) is 19.5 Å². The summed E-state index contributed by atoms with van der Waals surface area (Å²) in [6.07, 6.45) is -5.42. The predicted molar refractivity (Wildman–Crippen MR) is 64.8 cm³/mol. The predicted octanol–water partition coefficient (Wildman–Crippen LogP) is 2.80. The van der Waals surface area contributed by atoms with E-state index in [1.165, 1.54) is 18.2 Å². The van der Waals surface area contributed by atoms with Gasteiger partial charge >= 0.3 is 6.18 Å². The molecule has 0 aliphatic rings. The Labute approximate surface area is 112 Å². The molecule has 0 saturated heterocycles. The number of benzene rings is 1. The van der Waals surface area contributed by atoms with E-state index in [1.54, 1.807) is 0 Å². The van der Waals surface area contributed by atoms with Gasteiger partial charge in [0.2, 0.25) is 5.78 Å². The molecule has 0 bridgehead atoms. The van der Waals surface area contributed by atoms with Crippen LogP contribution in [0, 0.1) is 5.92 Å². The first kappa shape index (κ1) is 15.5. The Bertz CT molecular complexity index is 494. The van der Waals surface area contributed by atoms with Crippen molar-refractivity contribution in [3.63, 3.8) is 0 Å². The maximum atomic E-state index is 12.4. The fourth-order valence-corrected chi connectivity index (χ4v) is 1.91. The van der Waals surface area contributed by atoms with E-state index in [1.807, 2.05) is 0 Å². The fourth-order valence-electron chi connectivity index (χ4n) is 1.65. The largest absolute Gasteiger partial charge is 0.450 e. The molecule has 0 fully saturated rings. The molecule has 104 valence electrons. The first-order chi connectivity index (χ1) is 8.61. The zero-order valence-corrected chi connectivity index (χ0v) is 10.7. The van der Waals surface area contributed by atoms with E-state index in [-0.39, 0.29) is 17.1 Å². The molecule has 0 saturated carbocycles. The second-order valence-corrected chi connectivity index (χ2v) is 4.56. The van der Waals surface area contributed by atoms with Gasteiger partial charge in [0.25, 0.3) is 0 Å². The third-order valence-electron chi connectivity index (χ3n) is 2.51. The Balaban J connectivity index is 3.03. The Kier molecular flexibility index (Phi) is 4.57. The number of Topliss-reactive ketones (excluding diaryl/α,β-unsaturated/α-hetero) is 2. The van der Waals surface area contributed by atoms with E-state index >= 15 is 0 Å². The van der Waals surface area contributed by atoms with Crippen molar-refractivity contribution in [2.75, 3.05) is 5.73 Å². The SMILES string of the molecule is CC(=O)C(Cc1cc(N)cc(Cl)c1)C(=O)C(F)(F)F. The van der Waals surface area contributed by atoms with Gasteiger partial charge in [-0.05, 0) is 37.1 Å². The van der Waals surface area contributed by atoms with Crippen LogP contribution in [0.2, 0.25) is 5.02 Å². The Hall–Kier alpha value is -1.56. The van der Waals surface area contributed by atoms with Gasteiger partial charge in [-0.25, -0.2) is 0 Å². The van der Waals surface area contributed by atoms with Crippen LogP contribution in [0.1, 0.15) is 12.5 Å². The van der Waals surface area contributed by atoms with E-state index in [0.717, 1.165) is 6.92 Å². The number of hydrogen-bond donors (Lipinski definition) is 1. The van der Waals surface area contributed by atoms with Crippen LogP contribution in [0.25, 0.3) is 0 Å². The van der Waals surface area contributed by atoms with Crippen LogP contribution in [-0.2, 0) is 16.0 Å². The summed E-state index contributed by atoms with van der Waals surface area (Å²) in [7, 11) is 0. The van der Waals surface area contributed by atoms with E-state index in [2.05, 4.69) is 0 Å². The number of hydrogen-bond acceptors (Lipinski definition) is 3. The molecule has 1 aromatic carbocycles.